The van der Waals surface area contributed by atoms with E-state index in [0.717, 1.165) is 24.6 Å². The highest BCUT2D eigenvalue weighted by molar-refractivity contribution is 5.35. The first-order chi connectivity index (χ1) is 12.6. The highest BCUT2D eigenvalue weighted by atomic mass is 16.5. The van der Waals surface area contributed by atoms with Gasteiger partial charge in [0.25, 0.3) is 0 Å². The minimum Gasteiger partial charge on any atom is -0.390 e. The lowest BCUT2D eigenvalue weighted by molar-refractivity contribution is -0.0254. The van der Waals surface area contributed by atoms with Crippen molar-refractivity contribution in [1.29, 1.82) is 0 Å². The zero-order valence-electron chi connectivity index (χ0n) is 15.3. The second-order valence-corrected chi connectivity index (χ2v) is 7.33. The van der Waals surface area contributed by atoms with Crippen molar-refractivity contribution in [3.63, 3.8) is 0 Å². The Morgan fingerprint density at radius 1 is 1.31 bits per heavy atom. The molecule has 2 aliphatic heterocycles. The summed E-state index contributed by atoms with van der Waals surface area (Å²) >= 11 is 0. The van der Waals surface area contributed by atoms with Gasteiger partial charge >= 0.3 is 0 Å². The van der Waals surface area contributed by atoms with Gasteiger partial charge in [0.15, 0.2) is 5.82 Å². The third kappa shape index (κ3) is 3.66. The zero-order valence-corrected chi connectivity index (χ0v) is 15.3. The summed E-state index contributed by atoms with van der Waals surface area (Å²) in [5.74, 6) is 1.60. The number of rotatable bonds is 4. The van der Waals surface area contributed by atoms with E-state index in [1.165, 1.54) is 5.56 Å². The fourth-order valence-corrected chi connectivity index (χ4v) is 3.55. The molecule has 0 bridgehead atoms. The van der Waals surface area contributed by atoms with E-state index in [1.807, 2.05) is 16.8 Å². The van der Waals surface area contributed by atoms with E-state index < -0.39 is 6.10 Å². The maximum absolute atomic E-state index is 10.1. The van der Waals surface area contributed by atoms with Crippen LogP contribution in [0.1, 0.15) is 23.3 Å². The average molecular weight is 358 g/mol. The Bertz CT molecular complexity index is 763. The van der Waals surface area contributed by atoms with Crippen molar-refractivity contribution in [1.82, 2.24) is 19.7 Å². The largest absolute Gasteiger partial charge is 0.390 e. The summed E-state index contributed by atoms with van der Waals surface area (Å²) in [6.45, 7) is 5.41. The number of nitrogens with zero attached hydrogens (tertiary/aromatic N) is 4. The van der Waals surface area contributed by atoms with Gasteiger partial charge in [0, 0.05) is 25.4 Å². The predicted molar refractivity (Wildman–Crippen MR) is 96.3 cm³/mol. The fraction of sp³-hybridized carbons (Fsp3) is 0.579. The van der Waals surface area contributed by atoms with E-state index in [4.69, 9.17) is 19.6 Å². The van der Waals surface area contributed by atoms with Crippen LogP contribution in [0.3, 0.4) is 0 Å². The molecular formula is C19H26N4O3. The number of ether oxygens (including phenoxy) is 2. The van der Waals surface area contributed by atoms with Gasteiger partial charge in [-0.05, 0) is 31.7 Å². The van der Waals surface area contributed by atoms with Crippen LogP contribution in [0.25, 0.3) is 5.69 Å². The van der Waals surface area contributed by atoms with E-state index in [1.54, 1.807) is 0 Å². The third-order valence-corrected chi connectivity index (χ3v) is 5.10. The number of aliphatic hydroxyl groups is 1. The Morgan fingerprint density at radius 2 is 2.19 bits per heavy atom. The second-order valence-electron chi connectivity index (χ2n) is 7.33. The molecule has 3 atom stereocenters. The molecule has 1 aromatic heterocycles. The monoisotopic (exact) mass is 358 g/mol. The van der Waals surface area contributed by atoms with Gasteiger partial charge in [-0.1, -0.05) is 12.1 Å². The van der Waals surface area contributed by atoms with Gasteiger partial charge in [-0.2, -0.15) is 0 Å². The van der Waals surface area contributed by atoms with E-state index in [2.05, 4.69) is 31.0 Å². The molecule has 140 valence electrons. The second kappa shape index (κ2) is 7.44. The van der Waals surface area contributed by atoms with Crippen molar-refractivity contribution in [3.8, 4) is 5.69 Å². The maximum Gasteiger partial charge on any atom is 0.181 e. The van der Waals surface area contributed by atoms with Crippen LogP contribution >= 0.6 is 0 Å². The Hall–Kier alpha value is -1.80. The van der Waals surface area contributed by atoms with Crippen molar-refractivity contribution in [2.24, 2.45) is 5.92 Å². The number of aromatic nitrogens is 3. The number of hydrogen-bond acceptors (Lipinski definition) is 6. The van der Waals surface area contributed by atoms with Crippen LogP contribution in [0.15, 0.2) is 24.3 Å². The van der Waals surface area contributed by atoms with E-state index in [-0.39, 0.29) is 12.0 Å². The topological polar surface area (TPSA) is 72.6 Å². The van der Waals surface area contributed by atoms with Crippen molar-refractivity contribution < 1.29 is 14.6 Å². The highest BCUT2D eigenvalue weighted by Crippen LogP contribution is 2.24. The predicted octanol–water partition coefficient (Wildman–Crippen LogP) is 1.13. The number of hydrogen-bond donors (Lipinski definition) is 1. The van der Waals surface area contributed by atoms with Gasteiger partial charge in [-0.3, -0.25) is 0 Å². The minimum atomic E-state index is -0.446. The molecule has 1 N–H and O–H groups in total. The molecule has 4 rings (SSSR count). The van der Waals surface area contributed by atoms with E-state index in [0.29, 0.717) is 32.1 Å². The molecule has 2 saturated heterocycles. The van der Waals surface area contributed by atoms with Gasteiger partial charge in [-0.25, -0.2) is 9.67 Å². The van der Waals surface area contributed by atoms with Crippen LogP contribution < -0.4 is 0 Å². The van der Waals surface area contributed by atoms with Crippen LogP contribution in [0.4, 0.5) is 0 Å². The smallest absolute Gasteiger partial charge is 0.181 e. The lowest BCUT2D eigenvalue weighted by Gasteiger charge is -2.28. The Balaban J connectivity index is 1.67. The zero-order chi connectivity index (χ0) is 18.1. The fourth-order valence-electron chi connectivity index (χ4n) is 3.55. The van der Waals surface area contributed by atoms with Crippen LogP contribution in [0, 0.1) is 12.8 Å². The first-order valence-corrected chi connectivity index (χ1v) is 9.19. The minimum absolute atomic E-state index is 0.0468. The summed E-state index contributed by atoms with van der Waals surface area (Å²) in [6.07, 6.45) is 0.0616. The molecule has 7 nitrogen and oxygen atoms in total. The van der Waals surface area contributed by atoms with Crippen LogP contribution in [-0.2, 0) is 15.9 Å². The standard InChI is InChI=1S/C19H26N4O3/c1-13-4-3-5-15(8-13)23-18(9-14-11-25-12-16(14)24)20-19(21-23)17-10-22(2)6-7-26-17/h3-5,8,14,16-17,24H,6-7,9-12H2,1-2H3/t14-,16-,17?/m1/s1. The lowest BCUT2D eigenvalue weighted by atomic mass is 10.0. The number of morpholine rings is 1. The molecule has 0 saturated carbocycles. The van der Waals surface area contributed by atoms with Gasteiger partial charge in [0.05, 0.1) is 31.6 Å². The molecule has 3 heterocycles. The van der Waals surface area contributed by atoms with Gasteiger partial charge in [0.1, 0.15) is 11.9 Å². The average Bonchev–Trinajstić information content (AvgIpc) is 3.22. The summed E-state index contributed by atoms with van der Waals surface area (Å²) in [5.41, 5.74) is 2.15. The molecule has 0 radical (unpaired) electrons. The lowest BCUT2D eigenvalue weighted by Crippen LogP contribution is -2.35. The number of aliphatic hydroxyl groups excluding tert-OH is 1. The normalized spacial score (nSPS) is 27.1. The molecular weight excluding hydrogens is 332 g/mol. The first kappa shape index (κ1) is 17.6. The molecule has 0 aliphatic carbocycles. The highest BCUT2D eigenvalue weighted by Gasteiger charge is 2.30. The molecule has 2 aliphatic rings. The van der Waals surface area contributed by atoms with Crippen LogP contribution in [0.5, 0.6) is 0 Å². The summed E-state index contributed by atoms with van der Waals surface area (Å²) in [4.78, 5) is 7.04. The summed E-state index contributed by atoms with van der Waals surface area (Å²) in [6, 6.07) is 8.21. The van der Waals surface area contributed by atoms with Crippen LogP contribution in [0.2, 0.25) is 0 Å². The Kier molecular flexibility index (Phi) is 5.04. The quantitative estimate of drug-likeness (QED) is 0.883. The van der Waals surface area contributed by atoms with Crippen molar-refractivity contribution >= 4 is 0 Å². The van der Waals surface area contributed by atoms with E-state index in [9.17, 15) is 5.11 Å². The summed E-state index contributed by atoms with van der Waals surface area (Å²) < 4.78 is 13.2. The van der Waals surface area contributed by atoms with Gasteiger partial charge in [0.2, 0.25) is 0 Å². The molecule has 1 unspecified atom stereocenters. The number of aryl methyl sites for hydroxylation is 1. The van der Waals surface area contributed by atoms with E-state index >= 15 is 0 Å². The summed E-state index contributed by atoms with van der Waals surface area (Å²) in [5, 5.41) is 14.9. The number of likely N-dealkylation sites (N-methyl/N-ethyl adjacent to an activating group) is 1. The van der Waals surface area contributed by atoms with Gasteiger partial charge < -0.3 is 19.5 Å². The Labute approximate surface area is 153 Å². The van der Waals surface area contributed by atoms with Gasteiger partial charge in [-0.15, -0.1) is 5.10 Å². The molecule has 2 aromatic rings. The Morgan fingerprint density at radius 3 is 2.92 bits per heavy atom. The summed E-state index contributed by atoms with van der Waals surface area (Å²) in [7, 11) is 2.08. The molecule has 0 amide bonds. The molecule has 26 heavy (non-hydrogen) atoms. The molecule has 1 aromatic carbocycles. The maximum atomic E-state index is 10.1. The third-order valence-electron chi connectivity index (χ3n) is 5.10. The molecule has 7 heteroatoms. The molecule has 2 fully saturated rings. The SMILES string of the molecule is Cc1cccc(-n2nc(C3CN(C)CCO3)nc2C[C@@H]2COC[C@H]2O)c1. The van der Waals surface area contributed by atoms with Crippen molar-refractivity contribution in [2.45, 2.75) is 25.6 Å². The van der Waals surface area contributed by atoms with Crippen LogP contribution in [-0.4, -0.2) is 70.8 Å². The first-order valence-electron chi connectivity index (χ1n) is 9.19. The molecule has 0 spiro atoms. The van der Waals surface area contributed by atoms with Crippen molar-refractivity contribution in [3.05, 3.63) is 41.5 Å². The van der Waals surface area contributed by atoms with Crippen molar-refractivity contribution in [2.75, 3.05) is 40.0 Å². The number of benzene rings is 1.